The maximum atomic E-state index is 11.9. The number of carboxylic acid groups (broad SMARTS) is 1. The minimum Gasteiger partial charge on any atom is -0.480 e. The average molecular weight is 217 g/mol. The van der Waals surface area contributed by atoms with Crippen LogP contribution in [0.3, 0.4) is 0 Å². The Labute approximate surface area is 90.0 Å². The summed E-state index contributed by atoms with van der Waals surface area (Å²) in [6.45, 7) is 4.94. The third kappa shape index (κ3) is 2.92. The Hall–Kier alpha value is -1.10. The lowest BCUT2D eigenvalue weighted by Gasteiger charge is -2.32. The van der Waals surface area contributed by atoms with Gasteiger partial charge in [-0.3, -0.25) is 4.79 Å². The highest BCUT2D eigenvalue weighted by Gasteiger charge is 2.36. The minimum atomic E-state index is -1.03. The SMILES string of the molecule is CCC(C)(OC)C(=O)N(C)C(C)C(=O)O. The van der Waals surface area contributed by atoms with E-state index in [1.54, 1.807) is 6.92 Å². The number of carboxylic acids is 1. The summed E-state index contributed by atoms with van der Waals surface area (Å²) < 4.78 is 5.12. The van der Waals surface area contributed by atoms with Gasteiger partial charge in [-0.1, -0.05) is 6.92 Å². The van der Waals surface area contributed by atoms with Gasteiger partial charge in [0.15, 0.2) is 0 Å². The van der Waals surface area contributed by atoms with Crippen molar-refractivity contribution < 1.29 is 19.4 Å². The lowest BCUT2D eigenvalue weighted by molar-refractivity contribution is -0.160. The molecule has 0 aromatic carbocycles. The van der Waals surface area contributed by atoms with Crippen molar-refractivity contribution in [2.45, 2.75) is 38.8 Å². The van der Waals surface area contributed by atoms with E-state index < -0.39 is 17.6 Å². The van der Waals surface area contributed by atoms with Crippen LogP contribution in [0.5, 0.6) is 0 Å². The van der Waals surface area contributed by atoms with Gasteiger partial charge in [0.05, 0.1) is 0 Å². The topological polar surface area (TPSA) is 66.8 Å². The van der Waals surface area contributed by atoms with Crippen LogP contribution < -0.4 is 0 Å². The molecule has 0 aromatic rings. The Morgan fingerprint density at radius 1 is 1.53 bits per heavy atom. The van der Waals surface area contributed by atoms with Crippen molar-refractivity contribution >= 4 is 11.9 Å². The van der Waals surface area contributed by atoms with Crippen LogP contribution in [0.2, 0.25) is 0 Å². The molecule has 5 heteroatoms. The molecule has 15 heavy (non-hydrogen) atoms. The molecule has 0 fully saturated rings. The van der Waals surface area contributed by atoms with Crippen LogP contribution in [0.1, 0.15) is 27.2 Å². The van der Waals surface area contributed by atoms with Crippen molar-refractivity contribution in [2.24, 2.45) is 0 Å². The van der Waals surface area contributed by atoms with Gasteiger partial charge in [-0.15, -0.1) is 0 Å². The van der Waals surface area contributed by atoms with Gasteiger partial charge in [0, 0.05) is 14.2 Å². The zero-order chi connectivity index (χ0) is 12.2. The summed E-state index contributed by atoms with van der Waals surface area (Å²) in [4.78, 5) is 23.8. The fraction of sp³-hybridized carbons (Fsp3) is 0.800. The molecule has 0 heterocycles. The van der Waals surface area contributed by atoms with E-state index in [-0.39, 0.29) is 5.91 Å². The van der Waals surface area contributed by atoms with Crippen molar-refractivity contribution in [1.82, 2.24) is 4.90 Å². The smallest absolute Gasteiger partial charge is 0.326 e. The van der Waals surface area contributed by atoms with E-state index in [0.29, 0.717) is 6.42 Å². The van der Waals surface area contributed by atoms with E-state index in [0.717, 1.165) is 0 Å². The molecule has 0 aliphatic carbocycles. The molecule has 1 amide bonds. The Kier molecular flexibility index (Phi) is 4.74. The third-order valence-corrected chi connectivity index (χ3v) is 2.84. The van der Waals surface area contributed by atoms with E-state index in [4.69, 9.17) is 9.84 Å². The molecule has 1 N–H and O–H groups in total. The first-order chi connectivity index (χ1) is 6.80. The molecule has 2 unspecified atom stereocenters. The van der Waals surface area contributed by atoms with Crippen molar-refractivity contribution in [3.8, 4) is 0 Å². The molecule has 0 bridgehead atoms. The molecule has 0 aliphatic rings. The van der Waals surface area contributed by atoms with Gasteiger partial charge in [-0.2, -0.15) is 0 Å². The monoisotopic (exact) mass is 217 g/mol. The fourth-order valence-corrected chi connectivity index (χ4v) is 1.10. The second kappa shape index (κ2) is 5.11. The van der Waals surface area contributed by atoms with E-state index >= 15 is 0 Å². The highest BCUT2D eigenvalue weighted by molar-refractivity contribution is 5.88. The van der Waals surface area contributed by atoms with E-state index in [1.165, 1.54) is 26.0 Å². The molecule has 0 aliphatic heterocycles. The summed E-state index contributed by atoms with van der Waals surface area (Å²) in [6.07, 6.45) is 0.499. The van der Waals surface area contributed by atoms with Gasteiger partial charge in [0.1, 0.15) is 11.6 Å². The Morgan fingerprint density at radius 2 is 2.00 bits per heavy atom. The standard InChI is InChI=1S/C10H19NO4/c1-6-10(3,15-5)9(14)11(4)7(2)8(12)13/h7H,6H2,1-5H3,(H,12,13). The van der Waals surface area contributed by atoms with Crippen molar-refractivity contribution in [3.63, 3.8) is 0 Å². The zero-order valence-electron chi connectivity index (χ0n) is 9.90. The van der Waals surface area contributed by atoms with Crippen LogP contribution in [0.15, 0.2) is 0 Å². The van der Waals surface area contributed by atoms with Gasteiger partial charge < -0.3 is 14.7 Å². The van der Waals surface area contributed by atoms with Crippen molar-refractivity contribution in [3.05, 3.63) is 0 Å². The van der Waals surface area contributed by atoms with E-state index in [1.807, 2.05) is 6.92 Å². The van der Waals surface area contributed by atoms with Crippen molar-refractivity contribution in [1.29, 1.82) is 0 Å². The molecule has 5 nitrogen and oxygen atoms in total. The number of carbonyl (C=O) groups excluding carboxylic acids is 1. The molecular weight excluding hydrogens is 198 g/mol. The Balaban J connectivity index is 4.77. The number of likely N-dealkylation sites (N-methyl/N-ethyl adjacent to an activating group) is 1. The maximum Gasteiger partial charge on any atom is 0.326 e. The van der Waals surface area contributed by atoms with Gasteiger partial charge >= 0.3 is 5.97 Å². The third-order valence-electron chi connectivity index (χ3n) is 2.84. The second-order valence-corrected chi connectivity index (χ2v) is 3.72. The molecule has 0 rings (SSSR count). The number of rotatable bonds is 5. The number of carbonyl (C=O) groups is 2. The molecule has 0 saturated heterocycles. The summed E-state index contributed by atoms with van der Waals surface area (Å²) in [5.74, 6) is -1.34. The summed E-state index contributed by atoms with van der Waals surface area (Å²) in [7, 11) is 2.91. The second-order valence-electron chi connectivity index (χ2n) is 3.72. The van der Waals surface area contributed by atoms with Crippen LogP contribution >= 0.6 is 0 Å². The van der Waals surface area contributed by atoms with Gasteiger partial charge in [-0.25, -0.2) is 4.79 Å². The quantitative estimate of drug-likeness (QED) is 0.737. The molecule has 2 atom stereocenters. The average Bonchev–Trinajstić information content (AvgIpc) is 2.24. The summed E-state index contributed by atoms with van der Waals surface area (Å²) >= 11 is 0. The summed E-state index contributed by atoms with van der Waals surface area (Å²) in [6, 6.07) is -0.849. The van der Waals surface area contributed by atoms with Gasteiger partial charge in [0.25, 0.3) is 5.91 Å². The van der Waals surface area contributed by atoms with E-state index in [9.17, 15) is 9.59 Å². The highest BCUT2D eigenvalue weighted by atomic mass is 16.5. The van der Waals surface area contributed by atoms with Gasteiger partial charge in [-0.05, 0) is 20.3 Å². The first-order valence-corrected chi connectivity index (χ1v) is 4.85. The number of nitrogens with zero attached hydrogens (tertiary/aromatic N) is 1. The van der Waals surface area contributed by atoms with Crippen LogP contribution in [0, 0.1) is 0 Å². The largest absolute Gasteiger partial charge is 0.480 e. The van der Waals surface area contributed by atoms with Crippen LogP contribution in [0.4, 0.5) is 0 Å². The molecular formula is C10H19NO4. The predicted octanol–water partition coefficient (Wildman–Crippen LogP) is 0.733. The highest BCUT2D eigenvalue weighted by Crippen LogP contribution is 2.18. The minimum absolute atomic E-state index is 0.317. The van der Waals surface area contributed by atoms with Crippen LogP contribution in [0.25, 0.3) is 0 Å². The number of amides is 1. The first-order valence-electron chi connectivity index (χ1n) is 4.85. The Morgan fingerprint density at radius 3 is 2.27 bits per heavy atom. The molecule has 0 spiro atoms. The molecule has 0 aromatic heterocycles. The maximum absolute atomic E-state index is 11.9. The fourth-order valence-electron chi connectivity index (χ4n) is 1.10. The lowest BCUT2D eigenvalue weighted by Crippen LogP contribution is -2.51. The number of hydrogen-bond acceptors (Lipinski definition) is 3. The number of ether oxygens (including phenoxy) is 1. The Bertz CT molecular complexity index is 248. The van der Waals surface area contributed by atoms with E-state index in [2.05, 4.69) is 0 Å². The first kappa shape index (κ1) is 13.9. The van der Waals surface area contributed by atoms with Crippen LogP contribution in [-0.4, -0.2) is 47.7 Å². The normalized spacial score (nSPS) is 16.6. The zero-order valence-corrected chi connectivity index (χ0v) is 9.90. The number of hydrogen-bond donors (Lipinski definition) is 1. The molecule has 0 saturated carbocycles. The predicted molar refractivity (Wildman–Crippen MR) is 55.6 cm³/mol. The van der Waals surface area contributed by atoms with Gasteiger partial charge in [0.2, 0.25) is 0 Å². The number of methoxy groups -OCH3 is 1. The van der Waals surface area contributed by atoms with Crippen molar-refractivity contribution in [2.75, 3.05) is 14.2 Å². The van der Waals surface area contributed by atoms with Crippen LogP contribution in [-0.2, 0) is 14.3 Å². The molecule has 0 radical (unpaired) electrons. The number of aliphatic carboxylic acids is 1. The molecule has 88 valence electrons. The summed E-state index contributed by atoms with van der Waals surface area (Å²) in [5, 5.41) is 8.78. The summed E-state index contributed by atoms with van der Waals surface area (Å²) in [5.41, 5.74) is -0.946. The lowest BCUT2D eigenvalue weighted by atomic mass is 10.0.